The van der Waals surface area contributed by atoms with Crippen LogP contribution in [0.4, 0.5) is 0 Å². The lowest BCUT2D eigenvalue weighted by molar-refractivity contribution is 0.0965. The highest BCUT2D eigenvalue weighted by atomic mass is 16.3. The fourth-order valence-corrected chi connectivity index (χ4v) is 6.49. The van der Waals surface area contributed by atoms with Gasteiger partial charge in [-0.2, -0.15) is 0 Å². The fraction of sp³-hybridized carbons (Fsp3) is 0.381. The molecule has 4 aromatic rings. The average Bonchev–Trinajstić information content (AvgIpc) is 3.09. The maximum absolute atomic E-state index is 13.2. The van der Waals surface area contributed by atoms with Crippen LogP contribution in [-0.2, 0) is 12.8 Å². The van der Waals surface area contributed by atoms with E-state index in [1.165, 1.54) is 48.0 Å². The van der Waals surface area contributed by atoms with Gasteiger partial charge in [-0.05, 0) is 91.6 Å². The zero-order chi connectivity index (χ0) is 35.9. The van der Waals surface area contributed by atoms with Gasteiger partial charge in [-0.3, -0.25) is 9.59 Å². The summed E-state index contributed by atoms with van der Waals surface area (Å²) >= 11 is 0. The fourth-order valence-electron chi connectivity index (χ4n) is 6.49. The van der Waals surface area contributed by atoms with E-state index < -0.39 is 0 Å². The largest absolute Gasteiger partial charge is 0.507 e. The Hall–Kier alpha value is -4.98. The predicted octanol–water partition coefficient (Wildman–Crippen LogP) is 9.90. The molecule has 0 heterocycles. The van der Waals surface area contributed by atoms with Gasteiger partial charge in [-0.15, -0.1) is 0 Å². The Bertz CT molecular complexity index is 1690. The predicted molar refractivity (Wildman–Crippen MR) is 195 cm³/mol. The smallest absolute Gasteiger partial charge is 0.170 e. The number of carbonyl (C=O) groups is 2. The van der Waals surface area contributed by atoms with Gasteiger partial charge in [0.25, 0.3) is 0 Å². The third-order valence-electron chi connectivity index (χ3n) is 9.29. The maximum Gasteiger partial charge on any atom is 0.170 e. The molecule has 0 radical (unpaired) electrons. The minimum atomic E-state index is -0.348. The second kappa shape index (κ2) is 19.3. The van der Waals surface area contributed by atoms with Crippen molar-refractivity contribution in [3.63, 3.8) is 0 Å². The van der Waals surface area contributed by atoms with Crippen molar-refractivity contribution >= 4 is 11.6 Å². The normalized spacial score (nSPS) is 11.1. The molecule has 0 saturated carbocycles. The summed E-state index contributed by atoms with van der Waals surface area (Å²) < 4.78 is 0. The van der Waals surface area contributed by atoms with Crippen molar-refractivity contribution in [3.05, 3.63) is 95.1 Å². The van der Waals surface area contributed by atoms with E-state index in [1.807, 2.05) is 6.07 Å². The molecule has 0 amide bonds. The number of Topliss-reactive ketones (excluding diaryl/α,β-unsaturated/α-hetero) is 2. The molecule has 0 aliphatic rings. The van der Waals surface area contributed by atoms with E-state index >= 15 is 0 Å². The molecule has 266 valence electrons. The van der Waals surface area contributed by atoms with Crippen LogP contribution in [0.1, 0.15) is 122 Å². The van der Waals surface area contributed by atoms with Gasteiger partial charge in [0.05, 0.1) is 0 Å². The zero-order valence-electron chi connectivity index (χ0n) is 28.7. The second-order valence-electron chi connectivity index (χ2n) is 13.1. The highest BCUT2D eigenvalue weighted by Gasteiger charge is 2.22. The monoisotopic (exact) mass is 682 g/mol. The van der Waals surface area contributed by atoms with Crippen LogP contribution in [-0.4, -0.2) is 42.2 Å². The number of aromatic hydroxyl groups is 6. The van der Waals surface area contributed by atoms with Crippen molar-refractivity contribution in [2.75, 3.05) is 0 Å². The van der Waals surface area contributed by atoms with E-state index in [4.69, 9.17) is 0 Å². The average molecular weight is 683 g/mol. The molecule has 0 aliphatic carbocycles. The number of rotatable bonds is 21. The first-order chi connectivity index (χ1) is 24.2. The highest BCUT2D eigenvalue weighted by molar-refractivity contribution is 6.03. The molecule has 8 heteroatoms. The Balaban J connectivity index is 1.25. The molecule has 0 saturated heterocycles. The lowest BCUT2D eigenvalue weighted by Gasteiger charge is -2.16. The van der Waals surface area contributed by atoms with Gasteiger partial charge >= 0.3 is 0 Å². The van der Waals surface area contributed by atoms with Crippen LogP contribution in [0.3, 0.4) is 0 Å². The third-order valence-corrected chi connectivity index (χ3v) is 9.29. The van der Waals surface area contributed by atoms with Crippen LogP contribution < -0.4 is 0 Å². The Morgan fingerprint density at radius 1 is 0.420 bits per heavy atom. The Morgan fingerprint density at radius 2 is 0.920 bits per heavy atom. The summed E-state index contributed by atoms with van der Waals surface area (Å²) in [5.74, 6) is -2.32. The van der Waals surface area contributed by atoms with E-state index in [1.54, 1.807) is 0 Å². The minimum absolute atomic E-state index is 0.0344. The standard InChI is InChI=1S/C42H50O8/c43-33(40-34(44)23-16-24-35(40)45)21-14-7-4-2-6-13-20-30-27-38(48)39(49)28-32(30)31-25-26-37(47)41(42(31)50)36(46)22-15-8-3-1-5-10-17-29-18-11-9-12-19-29/h9,11-12,16,18-19,23-28,44-45,47-50H,1-8,10,13-15,17,20-22H2. The van der Waals surface area contributed by atoms with E-state index in [9.17, 15) is 40.2 Å². The number of unbranched alkanes of at least 4 members (excludes halogenated alkanes) is 10. The summed E-state index contributed by atoms with van der Waals surface area (Å²) in [5.41, 5.74) is 2.66. The van der Waals surface area contributed by atoms with E-state index in [-0.39, 0.29) is 70.0 Å². The van der Waals surface area contributed by atoms with Crippen molar-refractivity contribution in [2.24, 2.45) is 0 Å². The minimum Gasteiger partial charge on any atom is -0.507 e. The second-order valence-corrected chi connectivity index (χ2v) is 13.1. The Labute approximate surface area is 294 Å². The first kappa shape index (κ1) is 37.8. The van der Waals surface area contributed by atoms with Crippen LogP contribution in [0.15, 0.2) is 72.8 Å². The summed E-state index contributed by atoms with van der Waals surface area (Å²) in [6, 6.07) is 20.4. The molecular formula is C42H50O8. The summed E-state index contributed by atoms with van der Waals surface area (Å²) in [6.07, 6.45) is 12.8. The molecule has 4 aromatic carbocycles. The molecule has 0 spiro atoms. The summed E-state index contributed by atoms with van der Waals surface area (Å²) in [4.78, 5) is 25.6. The number of benzene rings is 4. The summed E-state index contributed by atoms with van der Waals surface area (Å²) in [6.45, 7) is 0. The lowest BCUT2D eigenvalue weighted by atomic mass is 9.91. The van der Waals surface area contributed by atoms with Crippen LogP contribution in [0.5, 0.6) is 34.5 Å². The quantitative estimate of drug-likeness (QED) is 0.0288. The molecular weight excluding hydrogens is 632 g/mol. The number of phenolic OH excluding ortho intramolecular Hbond substituents is 6. The SMILES string of the molecule is O=C(CCCCCCCCc1cc(O)c(O)cc1-c1ccc(O)c(C(=O)CCCCCCCCc2ccccc2)c1O)c1c(O)cccc1O. The van der Waals surface area contributed by atoms with E-state index in [2.05, 4.69) is 24.3 Å². The van der Waals surface area contributed by atoms with Gasteiger partial charge in [0.1, 0.15) is 34.1 Å². The zero-order valence-corrected chi connectivity index (χ0v) is 28.7. The van der Waals surface area contributed by atoms with Crippen molar-refractivity contribution < 1.29 is 40.2 Å². The maximum atomic E-state index is 13.2. The van der Waals surface area contributed by atoms with E-state index in [0.29, 0.717) is 36.0 Å². The molecule has 50 heavy (non-hydrogen) atoms. The number of ketones is 2. The molecule has 0 aromatic heterocycles. The molecule has 0 bridgehead atoms. The van der Waals surface area contributed by atoms with E-state index in [0.717, 1.165) is 70.6 Å². The van der Waals surface area contributed by atoms with Crippen LogP contribution >= 0.6 is 0 Å². The van der Waals surface area contributed by atoms with Gasteiger partial charge in [-0.1, -0.05) is 87.8 Å². The van der Waals surface area contributed by atoms with Crippen LogP contribution in [0.2, 0.25) is 0 Å². The van der Waals surface area contributed by atoms with Crippen molar-refractivity contribution in [2.45, 2.75) is 103 Å². The Morgan fingerprint density at radius 3 is 1.54 bits per heavy atom. The molecule has 0 fully saturated rings. The number of phenols is 6. The first-order valence-corrected chi connectivity index (χ1v) is 17.9. The van der Waals surface area contributed by atoms with Crippen molar-refractivity contribution in [1.82, 2.24) is 0 Å². The third kappa shape index (κ3) is 10.8. The Kier molecular flexibility index (Phi) is 14.6. The summed E-state index contributed by atoms with van der Waals surface area (Å²) in [7, 11) is 0. The molecule has 8 nitrogen and oxygen atoms in total. The first-order valence-electron chi connectivity index (χ1n) is 17.9. The number of aryl methyl sites for hydroxylation is 2. The number of carbonyl (C=O) groups excluding carboxylic acids is 2. The topological polar surface area (TPSA) is 156 Å². The van der Waals surface area contributed by atoms with Crippen LogP contribution in [0.25, 0.3) is 11.1 Å². The van der Waals surface area contributed by atoms with Gasteiger partial charge in [-0.25, -0.2) is 0 Å². The summed E-state index contributed by atoms with van der Waals surface area (Å²) in [5, 5.41) is 62.1. The van der Waals surface area contributed by atoms with Crippen LogP contribution in [0, 0.1) is 0 Å². The van der Waals surface area contributed by atoms with Gasteiger partial charge < -0.3 is 30.6 Å². The highest BCUT2D eigenvalue weighted by Crippen LogP contribution is 2.43. The molecule has 0 aliphatic heterocycles. The molecule has 0 unspecified atom stereocenters. The number of hydrogen-bond acceptors (Lipinski definition) is 8. The van der Waals surface area contributed by atoms with Gasteiger partial charge in [0.15, 0.2) is 23.1 Å². The van der Waals surface area contributed by atoms with Crippen molar-refractivity contribution in [3.8, 4) is 45.6 Å². The molecule has 6 N–H and O–H groups in total. The molecule has 4 rings (SSSR count). The van der Waals surface area contributed by atoms with Gasteiger partial charge in [0.2, 0.25) is 0 Å². The molecule has 0 atom stereocenters. The number of hydrogen-bond donors (Lipinski definition) is 6. The van der Waals surface area contributed by atoms with Crippen molar-refractivity contribution in [1.29, 1.82) is 0 Å². The van der Waals surface area contributed by atoms with Gasteiger partial charge in [0, 0.05) is 18.4 Å². The lowest BCUT2D eigenvalue weighted by Crippen LogP contribution is -2.02.